The largest absolute Gasteiger partial charge is 0.387 e. The Labute approximate surface area is 240 Å². The van der Waals surface area contributed by atoms with Gasteiger partial charge in [0.15, 0.2) is 0 Å². The van der Waals surface area contributed by atoms with E-state index >= 15 is 0 Å². The average Bonchev–Trinajstić information content (AvgIpc) is 3.63. The molecule has 0 bridgehead atoms. The lowest BCUT2D eigenvalue weighted by molar-refractivity contribution is -0.00178. The minimum atomic E-state index is -2.63. The van der Waals surface area contributed by atoms with Gasteiger partial charge in [0.2, 0.25) is 0 Å². The van der Waals surface area contributed by atoms with Gasteiger partial charge in [-0.05, 0) is 63.8 Å². The molecule has 0 spiro atoms. The van der Waals surface area contributed by atoms with E-state index in [4.69, 9.17) is 0 Å². The number of amides is 1. The molecule has 13 heteroatoms. The van der Waals surface area contributed by atoms with E-state index in [9.17, 15) is 28.3 Å². The lowest BCUT2D eigenvalue weighted by atomic mass is 9.84. The van der Waals surface area contributed by atoms with Crippen LogP contribution in [0.2, 0.25) is 0 Å². The van der Waals surface area contributed by atoms with Crippen LogP contribution < -0.4 is 10.6 Å². The Morgan fingerprint density at radius 1 is 1.17 bits per heavy atom. The van der Waals surface area contributed by atoms with E-state index in [0.717, 1.165) is 23.7 Å². The molecule has 42 heavy (non-hydrogen) atoms. The van der Waals surface area contributed by atoms with E-state index in [1.54, 1.807) is 16.6 Å². The maximum Gasteiger partial charge on any atom is 0.319 e. The van der Waals surface area contributed by atoms with Gasteiger partial charge in [-0.15, -0.1) is 0 Å². The van der Waals surface area contributed by atoms with Crippen molar-refractivity contribution in [2.45, 2.75) is 69.8 Å². The summed E-state index contributed by atoms with van der Waals surface area (Å²) < 4.78 is 42.8. The first kappa shape index (κ1) is 29.1. The molecule has 1 atom stereocenters. The summed E-state index contributed by atoms with van der Waals surface area (Å²) in [5.74, 6) is -0.495. The normalized spacial score (nSPS) is 18.1. The van der Waals surface area contributed by atoms with E-state index in [2.05, 4.69) is 31.8 Å². The number of aliphatic hydroxyl groups is 1. The second-order valence-corrected chi connectivity index (χ2v) is 11.1. The van der Waals surface area contributed by atoms with Crippen LogP contribution in [-0.2, 0) is 0 Å². The van der Waals surface area contributed by atoms with Gasteiger partial charge in [0.1, 0.15) is 12.2 Å². The molecule has 4 aromatic rings. The van der Waals surface area contributed by atoms with Crippen molar-refractivity contribution in [3.63, 3.8) is 0 Å². The number of fused-ring (bicyclic) bond motifs is 1. The molecule has 1 amide bonds. The Kier molecular flexibility index (Phi) is 8.17. The zero-order valence-electron chi connectivity index (χ0n) is 23.1. The van der Waals surface area contributed by atoms with Crippen LogP contribution in [0.3, 0.4) is 0 Å². The molecule has 4 heterocycles. The minimum Gasteiger partial charge on any atom is -0.387 e. The van der Waals surface area contributed by atoms with Crippen LogP contribution in [0, 0.1) is 11.3 Å². The number of imidazole rings is 1. The first-order valence-corrected chi connectivity index (χ1v) is 13.6. The molecule has 1 aliphatic rings. The monoisotopic (exact) mass is 580 g/mol. The Morgan fingerprint density at radius 2 is 1.93 bits per heavy atom. The van der Waals surface area contributed by atoms with Gasteiger partial charge in [-0.25, -0.2) is 13.9 Å². The van der Waals surface area contributed by atoms with Crippen LogP contribution in [-0.4, -0.2) is 59.5 Å². The van der Waals surface area contributed by atoms with Crippen LogP contribution in [0.25, 0.3) is 16.9 Å². The highest BCUT2D eigenvalue weighted by atomic mass is 19.3. The van der Waals surface area contributed by atoms with E-state index in [0.29, 0.717) is 46.7 Å². The van der Waals surface area contributed by atoms with Crippen molar-refractivity contribution in [2.24, 2.45) is 0 Å². The van der Waals surface area contributed by atoms with Gasteiger partial charge >= 0.3 is 6.55 Å². The number of nitriles is 1. The van der Waals surface area contributed by atoms with Crippen molar-refractivity contribution in [2.75, 3.05) is 11.9 Å². The highest BCUT2D eigenvalue weighted by Crippen LogP contribution is 2.35. The number of pyridine rings is 1. The summed E-state index contributed by atoms with van der Waals surface area (Å²) in [4.78, 5) is 21.8. The highest BCUT2D eigenvalue weighted by molar-refractivity contribution is 6.00. The molecule has 0 radical (unpaired) electrons. The summed E-state index contributed by atoms with van der Waals surface area (Å²) in [5.41, 5.74) is 2.02. The Hall–Kier alpha value is -4.44. The number of alkyl halides is 3. The molecule has 0 unspecified atom stereocenters. The van der Waals surface area contributed by atoms with Crippen molar-refractivity contribution < 1.29 is 23.1 Å². The van der Waals surface area contributed by atoms with E-state index in [1.807, 2.05) is 12.1 Å². The molecule has 1 aliphatic carbocycles. The summed E-state index contributed by atoms with van der Waals surface area (Å²) in [6.45, 7) is -0.352. The number of carbonyl (C=O) groups excluding carboxylic acids is 1. The maximum atomic E-state index is 14.4. The average molecular weight is 581 g/mol. The van der Waals surface area contributed by atoms with E-state index in [-0.39, 0.29) is 24.1 Å². The fraction of sp³-hybridized carbons (Fsp3) is 0.414. The summed E-state index contributed by atoms with van der Waals surface area (Å²) in [5, 5.41) is 29.4. The quantitative estimate of drug-likeness (QED) is 0.258. The maximum absolute atomic E-state index is 14.4. The number of anilines is 1. The van der Waals surface area contributed by atoms with Crippen molar-refractivity contribution in [3.8, 4) is 17.5 Å². The van der Waals surface area contributed by atoms with Crippen LogP contribution in [0.5, 0.6) is 0 Å². The molecule has 10 nitrogen and oxygen atoms in total. The first-order chi connectivity index (χ1) is 20.0. The summed E-state index contributed by atoms with van der Waals surface area (Å²) in [7, 11) is 0. The molecule has 1 fully saturated rings. The van der Waals surface area contributed by atoms with E-state index in [1.165, 1.54) is 32.4 Å². The number of nitrogens with zero attached hydrogens (tertiary/aromatic N) is 6. The number of hydrogen-bond donors (Lipinski definition) is 3. The van der Waals surface area contributed by atoms with Crippen molar-refractivity contribution in [1.29, 1.82) is 5.26 Å². The zero-order chi connectivity index (χ0) is 30.0. The third-order valence-electron chi connectivity index (χ3n) is 7.60. The van der Waals surface area contributed by atoms with Crippen molar-refractivity contribution in [1.82, 2.24) is 29.5 Å². The van der Waals surface area contributed by atoms with Gasteiger partial charge in [-0.3, -0.25) is 14.3 Å². The SMILES string of the molecule is CC(C)(O)[C@H](F)CNC(=O)c1cnc(-c2ccc3cc(C#N)cnn23)cc1N[C@H]1CC[C@H](c2cn(C(F)F)cn2)CC1. The molecule has 0 aromatic carbocycles. The number of halogens is 3. The summed E-state index contributed by atoms with van der Waals surface area (Å²) in [6, 6.07) is 9.11. The molecule has 5 rings (SSSR count). The number of aromatic nitrogens is 5. The van der Waals surface area contributed by atoms with Crippen LogP contribution in [0.1, 0.15) is 73.6 Å². The zero-order valence-corrected chi connectivity index (χ0v) is 23.1. The first-order valence-electron chi connectivity index (χ1n) is 13.6. The molecule has 1 saturated carbocycles. The molecular formula is C29H31F3N8O2. The fourth-order valence-corrected chi connectivity index (χ4v) is 5.10. The van der Waals surface area contributed by atoms with Gasteiger partial charge in [0.05, 0.1) is 64.1 Å². The third-order valence-corrected chi connectivity index (χ3v) is 7.60. The number of nitrogens with one attached hydrogen (secondary N) is 2. The van der Waals surface area contributed by atoms with Gasteiger partial charge in [0, 0.05) is 24.4 Å². The molecular weight excluding hydrogens is 549 g/mol. The van der Waals surface area contributed by atoms with Gasteiger partial charge < -0.3 is 15.7 Å². The predicted molar refractivity (Wildman–Crippen MR) is 149 cm³/mol. The Morgan fingerprint density at radius 3 is 2.60 bits per heavy atom. The standard InChI is InChI=1S/C29H31F3N8O2/c1-29(2,42)26(30)14-35-27(41)21-13-34-23(25-8-7-20-9-17(11-33)12-37-40(20)25)10-22(21)38-19-5-3-18(4-6-19)24-15-39(16-36-24)28(31)32/h7-10,12-13,15-16,18-19,26,28,42H,3-6,14H2,1-2H3,(H,34,38)(H,35,41)/t18-,19-,26-/m1/s1. The molecule has 0 aliphatic heterocycles. The minimum absolute atomic E-state index is 0.0223. The lowest BCUT2D eigenvalue weighted by Gasteiger charge is -2.29. The molecule has 220 valence electrons. The number of hydrogen-bond acceptors (Lipinski definition) is 7. The van der Waals surface area contributed by atoms with Crippen molar-refractivity contribution in [3.05, 3.63) is 66.0 Å². The Balaban J connectivity index is 1.38. The topological polar surface area (TPSA) is 133 Å². The van der Waals surface area contributed by atoms with Crippen LogP contribution in [0.15, 0.2) is 49.2 Å². The van der Waals surface area contributed by atoms with Gasteiger partial charge in [-0.2, -0.15) is 19.1 Å². The summed E-state index contributed by atoms with van der Waals surface area (Å²) >= 11 is 0. The summed E-state index contributed by atoms with van der Waals surface area (Å²) in [6.07, 6.45) is 6.60. The lowest BCUT2D eigenvalue weighted by Crippen LogP contribution is -2.42. The highest BCUT2D eigenvalue weighted by Gasteiger charge is 2.29. The molecule has 4 aromatic heterocycles. The second kappa shape index (κ2) is 11.8. The smallest absolute Gasteiger partial charge is 0.319 e. The Bertz CT molecular complexity index is 1610. The fourth-order valence-electron chi connectivity index (χ4n) is 5.10. The van der Waals surface area contributed by atoms with Gasteiger partial charge in [-0.1, -0.05) is 0 Å². The van der Waals surface area contributed by atoms with Crippen molar-refractivity contribution >= 4 is 17.1 Å². The van der Waals surface area contributed by atoms with Crippen LogP contribution in [0.4, 0.5) is 18.9 Å². The molecule has 3 N–H and O–H groups in total. The second-order valence-electron chi connectivity index (χ2n) is 11.1. The predicted octanol–water partition coefficient (Wildman–Crippen LogP) is 4.84. The number of carbonyl (C=O) groups is 1. The molecule has 0 saturated heterocycles. The van der Waals surface area contributed by atoms with Gasteiger partial charge in [0.25, 0.3) is 5.91 Å². The number of rotatable bonds is 9. The third kappa shape index (κ3) is 6.23. The van der Waals surface area contributed by atoms with E-state index < -0.39 is 24.2 Å². The van der Waals surface area contributed by atoms with Crippen LogP contribution >= 0.6 is 0 Å².